The second kappa shape index (κ2) is 3.98. The third-order valence-electron chi connectivity index (χ3n) is 2.10. The van der Waals surface area contributed by atoms with Crippen molar-refractivity contribution >= 4 is 17.5 Å². The summed E-state index contributed by atoms with van der Waals surface area (Å²) in [5.41, 5.74) is 0.708. The van der Waals surface area contributed by atoms with Gasteiger partial charge in [-0.05, 0) is 12.1 Å². The molecule has 4 heteroatoms. The lowest BCUT2D eigenvalue weighted by Crippen LogP contribution is -2.43. The number of hydrogen-bond acceptors (Lipinski definition) is 3. The minimum atomic E-state index is -0.00241. The highest BCUT2D eigenvalue weighted by Gasteiger charge is 2.22. The Morgan fingerprint density at radius 2 is 2.54 bits per heavy atom. The van der Waals surface area contributed by atoms with Gasteiger partial charge in [0.15, 0.2) is 5.78 Å². The van der Waals surface area contributed by atoms with Gasteiger partial charge in [0, 0.05) is 24.2 Å². The number of ketones is 1. The van der Waals surface area contributed by atoms with Crippen molar-refractivity contribution in [3.8, 4) is 0 Å². The van der Waals surface area contributed by atoms with Gasteiger partial charge in [-0.15, -0.1) is 0 Å². The summed E-state index contributed by atoms with van der Waals surface area (Å²) in [5.74, 6) is 2.17. The van der Waals surface area contributed by atoms with Crippen molar-refractivity contribution in [3.05, 3.63) is 24.0 Å². The summed E-state index contributed by atoms with van der Waals surface area (Å²) >= 11 is 1.83. The quantitative estimate of drug-likeness (QED) is 0.691. The number of aromatic nitrogens is 1. The van der Waals surface area contributed by atoms with Crippen molar-refractivity contribution in [3.63, 3.8) is 0 Å². The molecule has 1 unspecified atom stereocenters. The molecule has 1 aromatic heterocycles. The first kappa shape index (κ1) is 8.84. The molecule has 1 atom stereocenters. The van der Waals surface area contributed by atoms with Crippen molar-refractivity contribution in [1.29, 1.82) is 0 Å². The molecule has 1 aromatic rings. The van der Waals surface area contributed by atoms with Crippen molar-refractivity contribution in [2.24, 2.45) is 0 Å². The van der Waals surface area contributed by atoms with Crippen LogP contribution in [0.5, 0.6) is 0 Å². The Balaban J connectivity index is 2.04. The predicted molar refractivity (Wildman–Crippen MR) is 54.2 cm³/mol. The van der Waals surface area contributed by atoms with Crippen LogP contribution in [0.25, 0.3) is 0 Å². The lowest BCUT2D eigenvalue weighted by molar-refractivity contribution is 0.0949. The van der Waals surface area contributed by atoms with E-state index in [0.29, 0.717) is 5.69 Å². The lowest BCUT2D eigenvalue weighted by Gasteiger charge is -2.21. The molecule has 0 saturated carbocycles. The first-order chi connectivity index (χ1) is 6.38. The third-order valence-corrected chi connectivity index (χ3v) is 3.16. The van der Waals surface area contributed by atoms with Gasteiger partial charge in [-0.3, -0.25) is 4.79 Å². The van der Waals surface area contributed by atoms with E-state index in [1.165, 1.54) is 0 Å². The zero-order chi connectivity index (χ0) is 9.10. The van der Waals surface area contributed by atoms with E-state index < -0.39 is 0 Å². The zero-order valence-electron chi connectivity index (χ0n) is 7.25. The molecule has 0 aromatic carbocycles. The van der Waals surface area contributed by atoms with E-state index in [1.54, 1.807) is 6.20 Å². The van der Waals surface area contributed by atoms with Crippen LogP contribution in [-0.4, -0.2) is 34.9 Å². The monoisotopic (exact) mass is 196 g/mol. The average molecular weight is 196 g/mol. The molecule has 0 bridgehead atoms. The van der Waals surface area contributed by atoms with E-state index in [9.17, 15) is 4.79 Å². The number of aromatic amines is 1. The second-order valence-electron chi connectivity index (χ2n) is 3.03. The fourth-order valence-corrected chi connectivity index (χ4v) is 2.34. The summed E-state index contributed by atoms with van der Waals surface area (Å²) in [6, 6.07) is 3.67. The van der Waals surface area contributed by atoms with Crippen LogP contribution in [0.15, 0.2) is 18.3 Å². The summed E-state index contributed by atoms with van der Waals surface area (Å²) in [6.07, 6.45) is 1.78. The SMILES string of the molecule is O=C(c1ccc[nH]1)C1CSCCN1. The van der Waals surface area contributed by atoms with Crippen LogP contribution >= 0.6 is 11.8 Å². The Bertz CT molecular complexity index is 278. The zero-order valence-corrected chi connectivity index (χ0v) is 8.06. The van der Waals surface area contributed by atoms with E-state index in [-0.39, 0.29) is 11.8 Å². The van der Waals surface area contributed by atoms with Crippen LogP contribution in [-0.2, 0) is 0 Å². The van der Waals surface area contributed by atoms with Crippen molar-refractivity contribution in [2.45, 2.75) is 6.04 Å². The van der Waals surface area contributed by atoms with Crippen LogP contribution in [0.4, 0.5) is 0 Å². The van der Waals surface area contributed by atoms with Crippen molar-refractivity contribution in [1.82, 2.24) is 10.3 Å². The number of Topliss-reactive ketones (excluding diaryl/α,β-unsaturated/α-hetero) is 1. The number of rotatable bonds is 2. The molecular weight excluding hydrogens is 184 g/mol. The number of hydrogen-bond donors (Lipinski definition) is 2. The van der Waals surface area contributed by atoms with Crippen LogP contribution in [0, 0.1) is 0 Å². The van der Waals surface area contributed by atoms with Gasteiger partial charge in [0.25, 0.3) is 0 Å². The molecule has 1 saturated heterocycles. The molecule has 13 heavy (non-hydrogen) atoms. The molecule has 1 fully saturated rings. The van der Waals surface area contributed by atoms with Gasteiger partial charge < -0.3 is 10.3 Å². The third kappa shape index (κ3) is 1.95. The van der Waals surface area contributed by atoms with Crippen LogP contribution in [0.1, 0.15) is 10.5 Å². The summed E-state index contributed by atoms with van der Waals surface area (Å²) in [5, 5.41) is 3.22. The number of carbonyl (C=O) groups is 1. The molecule has 0 amide bonds. The fourth-order valence-electron chi connectivity index (χ4n) is 1.41. The van der Waals surface area contributed by atoms with E-state index in [2.05, 4.69) is 10.3 Å². The van der Waals surface area contributed by atoms with E-state index in [0.717, 1.165) is 18.1 Å². The standard InChI is InChI=1S/C9H12N2OS/c12-9(7-2-1-3-10-7)8-6-13-5-4-11-8/h1-3,8,10-11H,4-6H2. The van der Waals surface area contributed by atoms with Crippen LogP contribution < -0.4 is 5.32 Å². The minimum Gasteiger partial charge on any atom is -0.359 e. The highest BCUT2D eigenvalue weighted by Crippen LogP contribution is 2.11. The van der Waals surface area contributed by atoms with Crippen LogP contribution in [0.3, 0.4) is 0 Å². The van der Waals surface area contributed by atoms with Gasteiger partial charge in [0.1, 0.15) is 0 Å². The van der Waals surface area contributed by atoms with Crippen LogP contribution in [0.2, 0.25) is 0 Å². The number of H-pyrrole nitrogens is 1. The number of carbonyl (C=O) groups excluding carboxylic acids is 1. The average Bonchev–Trinajstić information content (AvgIpc) is 2.71. The van der Waals surface area contributed by atoms with Gasteiger partial charge in [0.05, 0.1) is 11.7 Å². The van der Waals surface area contributed by atoms with Crippen molar-refractivity contribution < 1.29 is 4.79 Å². The topological polar surface area (TPSA) is 44.9 Å². The molecular formula is C9H12N2OS. The Hall–Kier alpha value is -0.740. The second-order valence-corrected chi connectivity index (χ2v) is 4.18. The maximum atomic E-state index is 11.8. The fraction of sp³-hybridized carbons (Fsp3) is 0.444. The normalized spacial score (nSPS) is 22.9. The Morgan fingerprint density at radius 3 is 3.15 bits per heavy atom. The molecule has 0 spiro atoms. The highest BCUT2D eigenvalue weighted by atomic mass is 32.2. The van der Waals surface area contributed by atoms with Gasteiger partial charge in [-0.25, -0.2) is 0 Å². The predicted octanol–water partition coefficient (Wildman–Crippen LogP) is 0.902. The van der Waals surface area contributed by atoms with Gasteiger partial charge in [-0.2, -0.15) is 11.8 Å². The maximum Gasteiger partial charge on any atom is 0.196 e. The summed E-state index contributed by atoms with van der Waals surface area (Å²) in [6.45, 7) is 0.932. The maximum absolute atomic E-state index is 11.8. The van der Waals surface area contributed by atoms with Gasteiger partial charge >= 0.3 is 0 Å². The summed E-state index contributed by atoms with van der Waals surface area (Å²) in [4.78, 5) is 14.7. The number of nitrogens with one attached hydrogen (secondary N) is 2. The molecule has 70 valence electrons. The smallest absolute Gasteiger partial charge is 0.196 e. The largest absolute Gasteiger partial charge is 0.359 e. The molecule has 0 radical (unpaired) electrons. The summed E-state index contributed by atoms with van der Waals surface area (Å²) < 4.78 is 0. The molecule has 2 heterocycles. The van der Waals surface area contributed by atoms with E-state index >= 15 is 0 Å². The molecule has 2 N–H and O–H groups in total. The van der Waals surface area contributed by atoms with Crippen molar-refractivity contribution in [2.75, 3.05) is 18.1 Å². The minimum absolute atomic E-state index is 0.00241. The molecule has 0 aliphatic carbocycles. The first-order valence-corrected chi connectivity index (χ1v) is 5.52. The van der Waals surface area contributed by atoms with Gasteiger partial charge in [-0.1, -0.05) is 0 Å². The Labute approximate surface area is 81.3 Å². The lowest BCUT2D eigenvalue weighted by atomic mass is 10.1. The molecule has 2 rings (SSSR count). The summed E-state index contributed by atoms with van der Waals surface area (Å²) in [7, 11) is 0. The van der Waals surface area contributed by atoms with Gasteiger partial charge in [0.2, 0.25) is 0 Å². The van der Waals surface area contributed by atoms with E-state index in [4.69, 9.17) is 0 Å². The molecule has 1 aliphatic heterocycles. The Morgan fingerprint density at radius 1 is 1.62 bits per heavy atom. The Kier molecular flexibility index (Phi) is 2.71. The molecule has 1 aliphatic rings. The number of thioether (sulfide) groups is 1. The van der Waals surface area contributed by atoms with E-state index in [1.807, 2.05) is 23.9 Å². The molecule has 3 nitrogen and oxygen atoms in total. The highest BCUT2D eigenvalue weighted by molar-refractivity contribution is 7.99. The first-order valence-electron chi connectivity index (χ1n) is 4.36.